The van der Waals surface area contributed by atoms with Crippen LogP contribution >= 0.6 is 0 Å². The van der Waals surface area contributed by atoms with Gasteiger partial charge in [0.1, 0.15) is 5.82 Å². The molecular formula is C24H25N5. The zero-order valence-corrected chi connectivity index (χ0v) is 17.0. The molecule has 0 fully saturated rings. The van der Waals surface area contributed by atoms with Crippen LogP contribution in [-0.2, 0) is 6.54 Å². The van der Waals surface area contributed by atoms with Crippen molar-refractivity contribution in [3.8, 4) is 0 Å². The second kappa shape index (κ2) is 8.27. The highest BCUT2D eigenvalue weighted by molar-refractivity contribution is 5.91. The van der Waals surface area contributed by atoms with E-state index in [0.29, 0.717) is 12.0 Å². The normalized spacial score (nSPS) is 11.0. The summed E-state index contributed by atoms with van der Waals surface area (Å²) in [5.41, 5.74) is 3.99. The van der Waals surface area contributed by atoms with Crippen LogP contribution in [0.2, 0.25) is 0 Å². The Balaban J connectivity index is 1.67. The van der Waals surface area contributed by atoms with Crippen LogP contribution in [0, 0.1) is 6.92 Å². The molecule has 0 aliphatic rings. The fourth-order valence-electron chi connectivity index (χ4n) is 3.39. The molecule has 0 saturated carbocycles. The van der Waals surface area contributed by atoms with E-state index in [4.69, 9.17) is 4.98 Å². The molecule has 0 saturated heterocycles. The maximum absolute atomic E-state index is 4.83. The second-order valence-corrected chi connectivity index (χ2v) is 7.40. The summed E-state index contributed by atoms with van der Waals surface area (Å²) in [6, 6.07) is 22.9. The van der Waals surface area contributed by atoms with Gasteiger partial charge in [-0.25, -0.2) is 4.98 Å². The molecule has 2 aromatic heterocycles. The number of hydrogen-bond donors (Lipinski definition) is 1. The van der Waals surface area contributed by atoms with Crippen molar-refractivity contribution in [3.05, 3.63) is 84.2 Å². The van der Waals surface area contributed by atoms with E-state index < -0.39 is 0 Å². The topological polar surface area (TPSA) is 53.9 Å². The summed E-state index contributed by atoms with van der Waals surface area (Å²) in [6.45, 7) is 7.16. The standard InChI is InChI=1S/C24H25N5/c1-17(2)29(16-19-9-5-4-6-10-19)22-15-18(3)26-24(28-22)27-21-13-7-11-20-12-8-14-25-23(20)21/h4-15,17H,16H2,1-3H3,(H,26,27,28). The van der Waals surface area contributed by atoms with Gasteiger partial charge >= 0.3 is 0 Å². The molecule has 0 aliphatic heterocycles. The van der Waals surface area contributed by atoms with Gasteiger partial charge in [-0.1, -0.05) is 48.5 Å². The Morgan fingerprint density at radius 1 is 0.931 bits per heavy atom. The van der Waals surface area contributed by atoms with Crippen LogP contribution in [-0.4, -0.2) is 21.0 Å². The summed E-state index contributed by atoms with van der Waals surface area (Å²) < 4.78 is 0. The van der Waals surface area contributed by atoms with E-state index in [1.165, 1.54) is 5.56 Å². The molecule has 5 heteroatoms. The Bertz CT molecular complexity index is 1100. The molecule has 0 spiro atoms. The number of aromatic nitrogens is 3. The van der Waals surface area contributed by atoms with Gasteiger partial charge in [-0.05, 0) is 38.5 Å². The van der Waals surface area contributed by atoms with E-state index in [1.807, 2.05) is 37.3 Å². The van der Waals surface area contributed by atoms with E-state index in [0.717, 1.165) is 34.6 Å². The zero-order valence-electron chi connectivity index (χ0n) is 17.0. The Hall–Kier alpha value is -3.47. The third-order valence-electron chi connectivity index (χ3n) is 4.83. The number of nitrogens with zero attached hydrogens (tertiary/aromatic N) is 4. The Labute approximate surface area is 171 Å². The molecular weight excluding hydrogens is 358 g/mol. The summed E-state index contributed by atoms with van der Waals surface area (Å²) in [5, 5.41) is 4.46. The minimum atomic E-state index is 0.302. The number of pyridine rings is 1. The molecule has 2 heterocycles. The van der Waals surface area contributed by atoms with Gasteiger partial charge in [-0.15, -0.1) is 0 Å². The Morgan fingerprint density at radius 3 is 2.52 bits per heavy atom. The molecule has 0 radical (unpaired) electrons. The van der Waals surface area contributed by atoms with Crippen molar-refractivity contribution < 1.29 is 0 Å². The molecule has 0 bridgehead atoms. The molecule has 2 aromatic carbocycles. The van der Waals surface area contributed by atoms with Crippen molar-refractivity contribution in [2.45, 2.75) is 33.4 Å². The van der Waals surface area contributed by atoms with Gasteiger partial charge in [0.05, 0.1) is 11.2 Å². The maximum atomic E-state index is 4.83. The second-order valence-electron chi connectivity index (χ2n) is 7.40. The number of para-hydroxylation sites is 1. The lowest BCUT2D eigenvalue weighted by atomic mass is 10.2. The van der Waals surface area contributed by atoms with Crippen LogP contribution in [0.25, 0.3) is 10.9 Å². The lowest BCUT2D eigenvalue weighted by Crippen LogP contribution is -2.31. The molecule has 5 nitrogen and oxygen atoms in total. The van der Waals surface area contributed by atoms with Crippen LogP contribution < -0.4 is 10.2 Å². The van der Waals surface area contributed by atoms with Gasteiger partial charge in [-0.2, -0.15) is 4.98 Å². The average molecular weight is 383 g/mol. The van der Waals surface area contributed by atoms with Crippen LogP contribution in [0.3, 0.4) is 0 Å². The fraction of sp³-hybridized carbons (Fsp3) is 0.208. The van der Waals surface area contributed by atoms with E-state index >= 15 is 0 Å². The summed E-state index contributed by atoms with van der Waals surface area (Å²) >= 11 is 0. The van der Waals surface area contributed by atoms with Crippen molar-refractivity contribution in [2.24, 2.45) is 0 Å². The van der Waals surface area contributed by atoms with E-state index in [2.05, 4.69) is 70.4 Å². The number of fused-ring (bicyclic) bond motifs is 1. The lowest BCUT2D eigenvalue weighted by molar-refractivity contribution is 0.671. The van der Waals surface area contributed by atoms with Crippen LogP contribution in [0.1, 0.15) is 25.1 Å². The molecule has 29 heavy (non-hydrogen) atoms. The quantitative estimate of drug-likeness (QED) is 0.477. The highest BCUT2D eigenvalue weighted by Gasteiger charge is 2.15. The molecule has 0 amide bonds. The molecule has 0 atom stereocenters. The molecule has 0 unspecified atom stereocenters. The minimum absolute atomic E-state index is 0.302. The molecule has 4 aromatic rings. The SMILES string of the molecule is Cc1cc(N(Cc2ccccc2)C(C)C)nc(Nc2cccc3cccnc23)n1. The molecule has 1 N–H and O–H groups in total. The predicted molar refractivity (Wildman–Crippen MR) is 120 cm³/mol. The van der Waals surface area contributed by atoms with Crippen LogP contribution in [0.5, 0.6) is 0 Å². The third-order valence-corrected chi connectivity index (χ3v) is 4.83. The van der Waals surface area contributed by atoms with Crippen molar-refractivity contribution in [1.82, 2.24) is 15.0 Å². The summed E-state index contributed by atoms with van der Waals surface area (Å²) in [5.74, 6) is 1.49. The van der Waals surface area contributed by atoms with E-state index in [9.17, 15) is 0 Å². The smallest absolute Gasteiger partial charge is 0.229 e. The third kappa shape index (κ3) is 4.35. The first-order valence-corrected chi connectivity index (χ1v) is 9.87. The van der Waals surface area contributed by atoms with E-state index in [-0.39, 0.29) is 0 Å². The number of rotatable bonds is 6. The van der Waals surface area contributed by atoms with Gasteiger partial charge in [-0.3, -0.25) is 4.98 Å². The van der Waals surface area contributed by atoms with Crippen molar-refractivity contribution in [3.63, 3.8) is 0 Å². The number of nitrogens with one attached hydrogen (secondary N) is 1. The Morgan fingerprint density at radius 2 is 1.72 bits per heavy atom. The van der Waals surface area contributed by atoms with Crippen LogP contribution in [0.4, 0.5) is 17.5 Å². The molecule has 0 aliphatic carbocycles. The largest absolute Gasteiger partial charge is 0.350 e. The highest BCUT2D eigenvalue weighted by Crippen LogP contribution is 2.25. The zero-order chi connectivity index (χ0) is 20.2. The average Bonchev–Trinajstić information content (AvgIpc) is 2.72. The minimum Gasteiger partial charge on any atom is -0.350 e. The number of benzene rings is 2. The fourth-order valence-corrected chi connectivity index (χ4v) is 3.39. The summed E-state index contributed by atoms with van der Waals surface area (Å²) in [4.78, 5) is 16.2. The van der Waals surface area contributed by atoms with Gasteiger partial charge < -0.3 is 10.2 Å². The predicted octanol–water partition coefficient (Wildman–Crippen LogP) is 5.49. The highest BCUT2D eigenvalue weighted by atomic mass is 15.2. The van der Waals surface area contributed by atoms with Gasteiger partial charge in [0.25, 0.3) is 0 Å². The van der Waals surface area contributed by atoms with Crippen LogP contribution in [0.15, 0.2) is 72.9 Å². The van der Waals surface area contributed by atoms with Crippen molar-refractivity contribution in [2.75, 3.05) is 10.2 Å². The van der Waals surface area contributed by atoms with Gasteiger partial charge in [0.15, 0.2) is 0 Å². The number of anilines is 3. The number of aryl methyl sites for hydroxylation is 1. The monoisotopic (exact) mass is 383 g/mol. The first-order valence-electron chi connectivity index (χ1n) is 9.87. The van der Waals surface area contributed by atoms with Gasteiger partial charge in [0.2, 0.25) is 5.95 Å². The summed E-state index contributed by atoms with van der Waals surface area (Å²) in [7, 11) is 0. The maximum Gasteiger partial charge on any atom is 0.229 e. The van der Waals surface area contributed by atoms with E-state index in [1.54, 1.807) is 6.20 Å². The molecule has 146 valence electrons. The Kier molecular flexibility index (Phi) is 5.38. The first-order chi connectivity index (χ1) is 14.1. The lowest BCUT2D eigenvalue weighted by Gasteiger charge is -2.28. The van der Waals surface area contributed by atoms with Crippen molar-refractivity contribution >= 4 is 28.4 Å². The number of hydrogen-bond acceptors (Lipinski definition) is 5. The first kappa shape index (κ1) is 18.9. The molecule has 4 rings (SSSR count). The van der Waals surface area contributed by atoms with Crippen molar-refractivity contribution in [1.29, 1.82) is 0 Å². The van der Waals surface area contributed by atoms with Gasteiger partial charge in [0, 0.05) is 35.9 Å². The summed E-state index contributed by atoms with van der Waals surface area (Å²) in [6.07, 6.45) is 1.80.